The van der Waals surface area contributed by atoms with Crippen LogP contribution in [0, 0.1) is 11.8 Å². The van der Waals surface area contributed by atoms with Crippen molar-refractivity contribution in [3.05, 3.63) is 23.4 Å². The number of dihydropyridines is 1. The molecular formula is C16H24N4O. The molecule has 3 heterocycles. The van der Waals surface area contributed by atoms with Gasteiger partial charge in [0.15, 0.2) is 6.17 Å². The van der Waals surface area contributed by atoms with E-state index in [1.807, 2.05) is 25.3 Å². The molecule has 1 saturated heterocycles. The summed E-state index contributed by atoms with van der Waals surface area (Å²) in [6.45, 7) is 4.35. The fourth-order valence-electron chi connectivity index (χ4n) is 3.57. The van der Waals surface area contributed by atoms with E-state index in [-0.39, 0.29) is 18.1 Å². The van der Waals surface area contributed by atoms with E-state index in [1.165, 1.54) is 11.1 Å². The fraction of sp³-hybridized carbons (Fsp3) is 0.625. The van der Waals surface area contributed by atoms with Crippen LogP contribution in [0.1, 0.15) is 26.7 Å². The summed E-state index contributed by atoms with van der Waals surface area (Å²) in [5.74, 6) is 0.829. The van der Waals surface area contributed by atoms with Crippen molar-refractivity contribution in [1.29, 1.82) is 0 Å². The number of carbonyl (C=O) groups excluding carboxylic acids is 1. The fourth-order valence-corrected chi connectivity index (χ4v) is 3.57. The van der Waals surface area contributed by atoms with E-state index in [4.69, 9.17) is 4.99 Å². The monoisotopic (exact) mass is 288 g/mol. The highest BCUT2D eigenvalue weighted by atomic mass is 16.1. The predicted octanol–water partition coefficient (Wildman–Crippen LogP) is 1.55. The molecule has 5 nitrogen and oxygen atoms in total. The van der Waals surface area contributed by atoms with Gasteiger partial charge in [-0.2, -0.15) is 0 Å². The molecule has 1 N–H and O–H groups in total. The number of hydrogen-bond donors (Lipinski definition) is 1. The molecule has 3 aliphatic heterocycles. The van der Waals surface area contributed by atoms with Gasteiger partial charge >= 0.3 is 0 Å². The smallest absolute Gasteiger partial charge is 0.224 e. The van der Waals surface area contributed by atoms with Crippen molar-refractivity contribution in [2.24, 2.45) is 16.8 Å². The minimum atomic E-state index is 0.0405. The molecule has 0 radical (unpaired) electrons. The SMILES string of the molecule is CC(C)C1NC(=O)CC2=CN(N(C)C)C3N=CCC=C3C21. The standard InChI is InChI=1S/C16H24N4O/c1-10(2)15-14-11(8-13(21)18-15)9-20(19(3)4)16-12(14)6-5-7-17-16/h6-7,9-10,14-16H,5,8H2,1-4H3,(H,18,21). The van der Waals surface area contributed by atoms with E-state index in [2.05, 4.69) is 36.4 Å². The van der Waals surface area contributed by atoms with E-state index in [9.17, 15) is 4.79 Å². The third-order valence-electron chi connectivity index (χ3n) is 4.54. The van der Waals surface area contributed by atoms with Crippen LogP contribution in [-0.2, 0) is 4.79 Å². The molecular weight excluding hydrogens is 264 g/mol. The molecule has 3 rings (SSSR count). The highest BCUT2D eigenvalue weighted by Gasteiger charge is 2.43. The average Bonchev–Trinajstić information content (AvgIpc) is 2.44. The van der Waals surface area contributed by atoms with Gasteiger partial charge < -0.3 is 5.32 Å². The second-order valence-electron chi connectivity index (χ2n) is 6.57. The van der Waals surface area contributed by atoms with Crippen LogP contribution in [-0.4, -0.2) is 48.4 Å². The molecule has 0 spiro atoms. The van der Waals surface area contributed by atoms with Crippen molar-refractivity contribution in [3.8, 4) is 0 Å². The van der Waals surface area contributed by atoms with Gasteiger partial charge in [-0.05, 0) is 17.1 Å². The molecule has 0 saturated carbocycles. The molecule has 0 aliphatic carbocycles. The molecule has 3 aliphatic rings. The number of nitrogens with one attached hydrogen (secondary N) is 1. The molecule has 0 aromatic heterocycles. The van der Waals surface area contributed by atoms with Crippen LogP contribution < -0.4 is 5.32 Å². The molecule has 0 aromatic rings. The van der Waals surface area contributed by atoms with Gasteiger partial charge in [-0.15, -0.1) is 0 Å². The summed E-state index contributed by atoms with van der Waals surface area (Å²) in [4.78, 5) is 16.7. The van der Waals surface area contributed by atoms with Crippen LogP contribution in [0.2, 0.25) is 0 Å². The van der Waals surface area contributed by atoms with Gasteiger partial charge in [0.05, 0.1) is 6.42 Å². The third kappa shape index (κ3) is 2.39. The Morgan fingerprint density at radius 3 is 2.86 bits per heavy atom. The Labute approximate surface area is 126 Å². The highest BCUT2D eigenvalue weighted by Crippen LogP contribution is 2.41. The summed E-state index contributed by atoms with van der Waals surface area (Å²) >= 11 is 0. The molecule has 114 valence electrons. The average molecular weight is 288 g/mol. The molecule has 3 unspecified atom stereocenters. The molecule has 0 aromatic carbocycles. The van der Waals surface area contributed by atoms with E-state index >= 15 is 0 Å². The van der Waals surface area contributed by atoms with Gasteiger partial charge in [-0.1, -0.05) is 19.9 Å². The first-order valence-electron chi connectivity index (χ1n) is 7.66. The Kier molecular flexibility index (Phi) is 3.61. The summed E-state index contributed by atoms with van der Waals surface area (Å²) in [5.41, 5.74) is 2.55. The number of allylic oxidation sites excluding steroid dienone is 1. The number of carbonyl (C=O) groups is 1. The summed E-state index contributed by atoms with van der Waals surface area (Å²) in [6.07, 6.45) is 7.82. The number of rotatable bonds is 2. The second kappa shape index (κ2) is 5.30. The number of fused-ring (bicyclic) bond motifs is 3. The lowest BCUT2D eigenvalue weighted by molar-refractivity contribution is -0.123. The first kappa shape index (κ1) is 14.3. The molecule has 5 heteroatoms. The van der Waals surface area contributed by atoms with Crippen molar-refractivity contribution < 1.29 is 4.79 Å². The largest absolute Gasteiger partial charge is 0.352 e. The van der Waals surface area contributed by atoms with Gasteiger partial charge in [0.2, 0.25) is 5.91 Å². The number of hydrogen-bond acceptors (Lipinski definition) is 4. The van der Waals surface area contributed by atoms with E-state index in [0.29, 0.717) is 18.3 Å². The molecule has 1 amide bonds. The minimum Gasteiger partial charge on any atom is -0.352 e. The number of aliphatic imine (C=N–C) groups is 1. The van der Waals surface area contributed by atoms with Crippen LogP contribution in [0.25, 0.3) is 0 Å². The summed E-state index contributed by atoms with van der Waals surface area (Å²) in [5, 5.41) is 7.36. The van der Waals surface area contributed by atoms with Crippen LogP contribution in [0.15, 0.2) is 28.4 Å². The molecule has 3 atom stereocenters. The van der Waals surface area contributed by atoms with Gasteiger partial charge in [-0.25, -0.2) is 5.01 Å². The van der Waals surface area contributed by atoms with Crippen LogP contribution in [0.4, 0.5) is 0 Å². The Bertz CT molecular complexity index is 532. The van der Waals surface area contributed by atoms with Gasteiger partial charge in [-0.3, -0.25) is 14.8 Å². The molecule has 1 fully saturated rings. The van der Waals surface area contributed by atoms with Crippen molar-refractivity contribution in [2.75, 3.05) is 14.1 Å². The topological polar surface area (TPSA) is 47.9 Å². The summed E-state index contributed by atoms with van der Waals surface area (Å²) in [6, 6.07) is 0.170. The minimum absolute atomic E-state index is 0.0405. The third-order valence-corrected chi connectivity index (χ3v) is 4.54. The Morgan fingerprint density at radius 2 is 2.19 bits per heavy atom. The zero-order chi connectivity index (χ0) is 15.1. The zero-order valence-electron chi connectivity index (χ0n) is 13.2. The Morgan fingerprint density at radius 1 is 1.43 bits per heavy atom. The first-order chi connectivity index (χ1) is 9.99. The van der Waals surface area contributed by atoms with Crippen molar-refractivity contribution in [1.82, 2.24) is 15.3 Å². The summed E-state index contributed by atoms with van der Waals surface area (Å²) < 4.78 is 0. The zero-order valence-corrected chi connectivity index (χ0v) is 13.2. The van der Waals surface area contributed by atoms with Crippen molar-refractivity contribution >= 4 is 12.1 Å². The lowest BCUT2D eigenvalue weighted by Gasteiger charge is -2.48. The number of amides is 1. The summed E-state index contributed by atoms with van der Waals surface area (Å²) in [7, 11) is 4.03. The van der Waals surface area contributed by atoms with Crippen LogP contribution in [0.5, 0.6) is 0 Å². The van der Waals surface area contributed by atoms with E-state index in [0.717, 1.165) is 6.42 Å². The quantitative estimate of drug-likeness (QED) is 0.784. The molecule has 21 heavy (non-hydrogen) atoms. The number of hydrazine groups is 1. The lowest BCUT2D eigenvalue weighted by atomic mass is 9.73. The van der Waals surface area contributed by atoms with Crippen molar-refractivity contribution in [2.45, 2.75) is 38.9 Å². The predicted molar refractivity (Wildman–Crippen MR) is 83.5 cm³/mol. The van der Waals surface area contributed by atoms with Gasteiger partial charge in [0.25, 0.3) is 0 Å². The van der Waals surface area contributed by atoms with Crippen LogP contribution in [0.3, 0.4) is 0 Å². The molecule has 0 bridgehead atoms. The van der Waals surface area contributed by atoms with E-state index < -0.39 is 0 Å². The van der Waals surface area contributed by atoms with Crippen LogP contribution >= 0.6 is 0 Å². The van der Waals surface area contributed by atoms with Gasteiger partial charge in [0, 0.05) is 44.9 Å². The maximum atomic E-state index is 12.0. The second-order valence-corrected chi connectivity index (χ2v) is 6.57. The number of piperidine rings is 1. The number of nitrogens with zero attached hydrogens (tertiary/aromatic N) is 3. The maximum Gasteiger partial charge on any atom is 0.224 e. The van der Waals surface area contributed by atoms with E-state index in [1.54, 1.807) is 0 Å². The lowest BCUT2D eigenvalue weighted by Crippen LogP contribution is -2.56. The Hall–Kier alpha value is -1.62. The highest BCUT2D eigenvalue weighted by molar-refractivity contribution is 5.81. The van der Waals surface area contributed by atoms with Gasteiger partial charge in [0.1, 0.15) is 0 Å². The normalized spacial score (nSPS) is 31.6. The maximum absolute atomic E-state index is 12.0. The first-order valence-corrected chi connectivity index (χ1v) is 7.66. The van der Waals surface area contributed by atoms with Crippen molar-refractivity contribution in [3.63, 3.8) is 0 Å². The Balaban J connectivity index is 2.06.